The number of rotatable bonds is 6. The number of hydrogen-bond acceptors (Lipinski definition) is 6. The average molecular weight is 286 g/mol. The van der Waals surface area contributed by atoms with Crippen LogP contribution in [0.15, 0.2) is 12.1 Å². The Morgan fingerprint density at radius 2 is 2.00 bits per heavy atom. The Morgan fingerprint density at radius 3 is 2.47 bits per heavy atom. The molecule has 0 atom stereocenters. The lowest BCUT2D eigenvalue weighted by molar-refractivity contribution is 0.0821. The number of nitrogens with one attached hydrogen (secondary N) is 1. The van der Waals surface area contributed by atoms with Crippen molar-refractivity contribution >= 4 is 21.6 Å². The topological polar surface area (TPSA) is 92.3 Å². The van der Waals surface area contributed by atoms with Crippen LogP contribution in [0.1, 0.15) is 17.4 Å². The maximum atomic E-state index is 11.6. The fourth-order valence-corrected chi connectivity index (χ4v) is 1.95. The van der Waals surface area contributed by atoms with Gasteiger partial charge in [0.2, 0.25) is 0 Å². The molecule has 1 aromatic rings. The summed E-state index contributed by atoms with van der Waals surface area (Å²) in [5, 5.41) is 10.5. The molecular weight excluding hydrogens is 268 g/mol. The van der Waals surface area contributed by atoms with Gasteiger partial charge in [-0.2, -0.15) is 0 Å². The molecule has 0 unspecified atom stereocenters. The van der Waals surface area contributed by atoms with Gasteiger partial charge in [-0.05, 0) is 12.1 Å². The van der Waals surface area contributed by atoms with Crippen LogP contribution in [0.5, 0.6) is 0 Å². The van der Waals surface area contributed by atoms with Crippen LogP contribution < -0.4 is 5.32 Å². The molecule has 0 aliphatic rings. The van der Waals surface area contributed by atoms with E-state index < -0.39 is 9.84 Å². The van der Waals surface area contributed by atoms with Gasteiger partial charge in [-0.15, -0.1) is 10.2 Å². The predicted octanol–water partition coefficient (Wildman–Crippen LogP) is 0.0250. The van der Waals surface area contributed by atoms with Gasteiger partial charge in [0, 0.05) is 26.4 Å². The van der Waals surface area contributed by atoms with Gasteiger partial charge in [-0.1, -0.05) is 6.92 Å². The minimum atomic E-state index is -2.99. The van der Waals surface area contributed by atoms with E-state index in [1.165, 1.54) is 4.90 Å². The van der Waals surface area contributed by atoms with Gasteiger partial charge in [-0.25, -0.2) is 8.42 Å². The van der Waals surface area contributed by atoms with E-state index in [9.17, 15) is 13.2 Å². The van der Waals surface area contributed by atoms with E-state index in [-0.39, 0.29) is 29.7 Å². The molecule has 0 fully saturated rings. The Hall–Kier alpha value is -1.70. The van der Waals surface area contributed by atoms with Crippen molar-refractivity contribution in [1.82, 2.24) is 15.1 Å². The van der Waals surface area contributed by atoms with Crippen LogP contribution in [0.3, 0.4) is 0 Å². The van der Waals surface area contributed by atoms with E-state index in [1.807, 2.05) is 0 Å². The van der Waals surface area contributed by atoms with Gasteiger partial charge in [0.05, 0.1) is 5.75 Å². The first-order chi connectivity index (χ1) is 8.85. The van der Waals surface area contributed by atoms with Crippen molar-refractivity contribution in [1.29, 1.82) is 0 Å². The van der Waals surface area contributed by atoms with Gasteiger partial charge in [0.25, 0.3) is 5.91 Å². The molecule has 0 aliphatic heterocycles. The molecule has 0 saturated carbocycles. The van der Waals surface area contributed by atoms with Crippen molar-refractivity contribution < 1.29 is 13.2 Å². The molecule has 1 N–H and O–H groups in total. The molecular formula is C11H18N4O3S. The van der Waals surface area contributed by atoms with Gasteiger partial charge < -0.3 is 10.2 Å². The molecule has 0 aliphatic carbocycles. The highest BCUT2D eigenvalue weighted by molar-refractivity contribution is 7.91. The molecule has 0 bridgehead atoms. The Kier molecular flexibility index (Phi) is 5.22. The molecule has 0 spiro atoms. The highest BCUT2D eigenvalue weighted by atomic mass is 32.2. The summed E-state index contributed by atoms with van der Waals surface area (Å²) in [5.41, 5.74) is 0.247. The minimum Gasteiger partial charge on any atom is -0.368 e. The Labute approximate surface area is 112 Å². The first kappa shape index (κ1) is 15.4. The Bertz CT molecular complexity index is 525. The summed E-state index contributed by atoms with van der Waals surface area (Å²) in [6.07, 6.45) is 0. The third-order valence-corrected chi connectivity index (χ3v) is 4.15. The van der Waals surface area contributed by atoms with Crippen LogP contribution in [0, 0.1) is 0 Å². The third-order valence-electron chi connectivity index (χ3n) is 2.45. The van der Waals surface area contributed by atoms with Gasteiger partial charge in [0.15, 0.2) is 15.5 Å². The number of aromatic nitrogens is 2. The molecule has 106 valence electrons. The zero-order valence-corrected chi connectivity index (χ0v) is 12.1. The molecule has 0 saturated heterocycles. The number of hydrogen-bond donors (Lipinski definition) is 1. The smallest absolute Gasteiger partial charge is 0.273 e. The van der Waals surface area contributed by atoms with Crippen molar-refractivity contribution in [3.8, 4) is 0 Å². The van der Waals surface area contributed by atoms with Crippen LogP contribution >= 0.6 is 0 Å². The third kappa shape index (κ3) is 4.82. The van der Waals surface area contributed by atoms with Crippen molar-refractivity contribution in [2.75, 3.05) is 37.5 Å². The second-order valence-corrected chi connectivity index (χ2v) is 6.64. The van der Waals surface area contributed by atoms with Gasteiger partial charge in [0.1, 0.15) is 5.82 Å². The number of anilines is 1. The normalized spacial score (nSPS) is 11.1. The summed E-state index contributed by atoms with van der Waals surface area (Å²) >= 11 is 0. The van der Waals surface area contributed by atoms with Crippen LogP contribution in [-0.2, 0) is 9.84 Å². The van der Waals surface area contributed by atoms with Gasteiger partial charge >= 0.3 is 0 Å². The lowest BCUT2D eigenvalue weighted by atomic mass is 10.3. The molecule has 19 heavy (non-hydrogen) atoms. The number of nitrogens with zero attached hydrogens (tertiary/aromatic N) is 3. The lowest BCUT2D eigenvalue weighted by Gasteiger charge is -2.09. The highest BCUT2D eigenvalue weighted by Gasteiger charge is 2.10. The summed E-state index contributed by atoms with van der Waals surface area (Å²) in [7, 11) is 0.268. The van der Waals surface area contributed by atoms with E-state index in [2.05, 4.69) is 15.5 Å². The Morgan fingerprint density at radius 1 is 1.32 bits per heavy atom. The first-order valence-electron chi connectivity index (χ1n) is 5.85. The highest BCUT2D eigenvalue weighted by Crippen LogP contribution is 2.03. The maximum Gasteiger partial charge on any atom is 0.273 e. The largest absolute Gasteiger partial charge is 0.368 e. The van der Waals surface area contributed by atoms with Crippen molar-refractivity contribution in [3.05, 3.63) is 17.8 Å². The van der Waals surface area contributed by atoms with E-state index in [1.54, 1.807) is 33.2 Å². The van der Waals surface area contributed by atoms with Crippen molar-refractivity contribution in [2.24, 2.45) is 0 Å². The van der Waals surface area contributed by atoms with Crippen LogP contribution in [0.4, 0.5) is 5.82 Å². The summed E-state index contributed by atoms with van der Waals surface area (Å²) in [5.74, 6) is 0.384. The van der Waals surface area contributed by atoms with Gasteiger partial charge in [-0.3, -0.25) is 4.79 Å². The van der Waals surface area contributed by atoms with E-state index in [0.29, 0.717) is 5.82 Å². The molecule has 8 heteroatoms. The first-order valence-corrected chi connectivity index (χ1v) is 7.67. The summed E-state index contributed by atoms with van der Waals surface area (Å²) in [6.45, 7) is 1.88. The fourth-order valence-electron chi connectivity index (χ4n) is 1.25. The summed E-state index contributed by atoms with van der Waals surface area (Å²) in [4.78, 5) is 13.0. The summed E-state index contributed by atoms with van der Waals surface area (Å²) in [6, 6.07) is 3.15. The van der Waals surface area contributed by atoms with Crippen molar-refractivity contribution in [2.45, 2.75) is 6.92 Å². The van der Waals surface area contributed by atoms with Crippen LogP contribution in [0.2, 0.25) is 0 Å². The Balaban J connectivity index is 2.56. The number of sulfone groups is 1. The summed E-state index contributed by atoms with van der Waals surface area (Å²) < 4.78 is 22.6. The molecule has 1 rings (SSSR count). The zero-order chi connectivity index (χ0) is 14.5. The quantitative estimate of drug-likeness (QED) is 0.793. The lowest BCUT2D eigenvalue weighted by Crippen LogP contribution is -2.23. The second-order valence-electron chi connectivity index (χ2n) is 4.17. The average Bonchev–Trinajstić information content (AvgIpc) is 2.38. The standard InChI is InChI=1S/C11H18N4O3S/c1-4-19(17,18)8-7-12-10-6-5-9(13-14-10)11(16)15(2)3/h5-6H,4,7-8H2,1-3H3,(H,12,14). The second kappa shape index (κ2) is 6.46. The minimum absolute atomic E-state index is 0.0452. The predicted molar refractivity (Wildman–Crippen MR) is 72.9 cm³/mol. The number of carbonyl (C=O) groups is 1. The maximum absolute atomic E-state index is 11.6. The molecule has 1 heterocycles. The molecule has 0 aromatic carbocycles. The fraction of sp³-hybridized carbons (Fsp3) is 0.545. The van der Waals surface area contributed by atoms with E-state index in [0.717, 1.165) is 0 Å². The monoisotopic (exact) mass is 286 g/mol. The molecule has 7 nitrogen and oxygen atoms in total. The number of amides is 1. The van der Waals surface area contributed by atoms with E-state index in [4.69, 9.17) is 0 Å². The molecule has 1 amide bonds. The van der Waals surface area contributed by atoms with Crippen molar-refractivity contribution in [3.63, 3.8) is 0 Å². The molecule has 1 aromatic heterocycles. The van der Waals surface area contributed by atoms with Crippen LogP contribution in [0.25, 0.3) is 0 Å². The SMILES string of the molecule is CCS(=O)(=O)CCNc1ccc(C(=O)N(C)C)nn1. The number of carbonyl (C=O) groups excluding carboxylic acids is 1. The van der Waals surface area contributed by atoms with Crippen LogP contribution in [-0.4, -0.2) is 61.6 Å². The van der Waals surface area contributed by atoms with E-state index >= 15 is 0 Å². The molecule has 0 radical (unpaired) electrons. The zero-order valence-electron chi connectivity index (χ0n) is 11.3.